The van der Waals surface area contributed by atoms with E-state index in [-0.39, 0.29) is 180 Å². The first-order valence-electron chi connectivity index (χ1n) is 48.4. The zero-order valence-corrected chi connectivity index (χ0v) is 104. The number of benzene rings is 6. The van der Waals surface area contributed by atoms with Gasteiger partial charge in [-0.15, -0.1) is 6.58 Å². The molecule has 0 heterocycles. The first-order chi connectivity index (χ1) is 68.5. The van der Waals surface area contributed by atoms with Gasteiger partial charge in [0.1, 0.15) is 57.9 Å². The predicted molar refractivity (Wildman–Crippen MR) is 591 cm³/mol. The summed E-state index contributed by atoms with van der Waals surface area (Å²) in [6.45, 7) is 33.5. The zero-order valence-electron chi connectivity index (χ0n) is 90.2. The fourth-order valence-corrected chi connectivity index (χ4v) is 14.6. The SMILES string of the molecule is C.C=CC1(O)CCCCC1.CCOC(=O)C(F)(F)F.CCOC(C)=O.C[C@@H](CCC(=O)C(F)(F)F)Oc1cccc(/C=C/C2(O)CCCCC2)c1.C[C@@H](CCC(=O)C(F)(F)F)Oc1cccc(I)c1.C[C@@H](CCC(=O)OC(C)(C)C)Oc1cccc(I)c1.C[C@@H](CN)Oc1cccc(/C=C/C2(O)CCCCC2)c1.C[C@@H](CNCl)Oc1cccc(I)c1.C[C@@H](O)CCC(=O)OC(C)(C)C.O=CO[O-].Oc1cccc(I)c1.[2H]CC.[H-].[K+].[K+]. The fourth-order valence-electron chi connectivity index (χ4n) is 12.4. The van der Waals surface area contributed by atoms with Crippen LogP contribution in [0, 0.1) is 14.3 Å². The van der Waals surface area contributed by atoms with Gasteiger partial charge in [0.25, 0.3) is 6.47 Å². The van der Waals surface area contributed by atoms with Crippen LogP contribution in [-0.2, 0) is 57.4 Å². The van der Waals surface area contributed by atoms with Crippen molar-refractivity contribution in [2.75, 3.05) is 26.3 Å². The number of hydrogen-bond acceptors (Lipinski definition) is 25. The van der Waals surface area contributed by atoms with Crippen LogP contribution in [0.4, 0.5) is 39.5 Å². The molecule has 149 heavy (non-hydrogen) atoms. The van der Waals surface area contributed by atoms with Gasteiger partial charge < -0.3 is 85.5 Å². The summed E-state index contributed by atoms with van der Waals surface area (Å²) < 4.78 is 163. The summed E-state index contributed by atoms with van der Waals surface area (Å²) >= 11 is 14.1. The minimum absolute atomic E-state index is 0. The standard InChI is InChI=1S/C20H25F3O3.C17H25NO2.C15H21IO3.C12H12F3IO2.C9H11ClINO.C9H18O3.C8H14O.C6H5IO.C4H5F3O2.C4H8O2.C2H6.CH2O3.CH4.2K.H/c1-15(8-9-18(24)20(21,22)23)26-17-7-5-6-16(14-17)10-13-19(25)11-3-2-4-12-19;1-14(13-18)20-16-7-5-6-15(12-16)8-11-17(19)9-3-2-4-10-17;1-11(8-9-14(17)19-15(2,3)4)18-13-7-5-6-12(16)10-13;1-8(5-6-11(17)12(13,14)15)18-10-4-2-3-9(16)7-10;1-7(6-12-10)13-9-4-2-3-8(11)5-9;1-7(10)5-6-8(11)12-9(2,3)4;1-2-8(9)6-4-3-5-7-8;7-5-2-1-3-6(8)4-5;1-2-9-3(8)4(5,6)7;1-3-6-4(2)5;1-2;2-1-4-3;;;;/h5-7,10,13-15,25H,2-4,8-9,11-12H2,1H3;5-8,11-12,14,19H,2-4,9-10,13,18H2,1H3;5-7,10-11H,8-9H2,1-4H3;2-4,7-8H,5-6H2,1H3;2-5,7,12H,6H2,1H3;7,10H,5-6H2,1-4H3;2,9H,1,3-7H2;1-4,8H;2H2,1H3;3H2,1-2H3;1-2H3;1,3H;1H4;;;/q;;;;;;;;;;;;;2*+1;-1/p-1/b13-10+;11-8+;;;;;;;;;;;;;;/t15-;14-;11-;8-;2*7-;;;;;;;;;;/m000001........../s1/i;;;;;;;;;;1D;;;;;. The monoisotopic (exact) mass is 2640 g/mol. The number of rotatable bonds is 33. The van der Waals surface area contributed by atoms with E-state index in [0.29, 0.717) is 63.1 Å². The minimum atomic E-state index is -4.85. The van der Waals surface area contributed by atoms with E-state index in [4.69, 9.17) is 72.3 Å². The number of ketones is 2. The second-order valence-electron chi connectivity index (χ2n) is 35.4. The predicted octanol–water partition coefficient (Wildman–Crippen LogP) is 20.4. The molecule has 8 N–H and O–H groups in total. The molecule has 0 unspecified atom stereocenters. The van der Waals surface area contributed by atoms with E-state index in [0.717, 1.165) is 123 Å². The molecular formula is C108H156ClF9I4K2N2O23. The molecule has 3 saturated carbocycles. The Morgan fingerprint density at radius 2 is 0.792 bits per heavy atom. The molecule has 0 aliphatic heterocycles. The number of ether oxygens (including phenoxy) is 9. The van der Waals surface area contributed by atoms with Crippen LogP contribution in [0.25, 0.3) is 12.2 Å². The molecule has 836 valence electrons. The number of Topliss-reactive ketones (excluding diaryl/α,β-unsaturated/α-hetero) is 2. The van der Waals surface area contributed by atoms with Gasteiger partial charge in [-0.1, -0.05) is 158 Å². The maximum Gasteiger partial charge on any atom is 1.00 e. The van der Waals surface area contributed by atoms with Gasteiger partial charge in [0.2, 0.25) is 11.6 Å². The fraction of sp³-hybridized carbons (Fsp3) is 0.546. The number of nitrogens with two attached hydrogens (primary N) is 1. The van der Waals surface area contributed by atoms with E-state index in [9.17, 15) is 83.6 Å². The molecule has 6 aromatic carbocycles. The maximum absolute atomic E-state index is 12.2. The number of hydrogen-bond donors (Lipinski definition) is 7. The van der Waals surface area contributed by atoms with Crippen molar-refractivity contribution in [2.45, 2.75) is 356 Å². The van der Waals surface area contributed by atoms with Gasteiger partial charge in [0, 0.05) is 61.3 Å². The van der Waals surface area contributed by atoms with Crippen molar-refractivity contribution in [1.29, 1.82) is 0 Å². The normalized spacial score (nSPS) is 14.7. The summed E-state index contributed by atoms with van der Waals surface area (Å²) in [6.07, 6.45) is 9.56. The van der Waals surface area contributed by atoms with E-state index < -0.39 is 95.2 Å². The molecule has 3 aliphatic carbocycles. The van der Waals surface area contributed by atoms with Gasteiger partial charge in [-0.3, -0.25) is 28.8 Å². The molecule has 25 nitrogen and oxygen atoms in total. The summed E-state index contributed by atoms with van der Waals surface area (Å²) in [4.78, 5) is 77.6. The molecular weight excluding hydrogens is 2490 g/mol. The number of aromatic hydroxyl groups is 1. The van der Waals surface area contributed by atoms with Crippen molar-refractivity contribution in [3.63, 3.8) is 0 Å². The largest absolute Gasteiger partial charge is 1.00 e. The van der Waals surface area contributed by atoms with Gasteiger partial charge in [-0.05, 0) is 371 Å². The Morgan fingerprint density at radius 3 is 1.03 bits per heavy atom. The van der Waals surface area contributed by atoms with Crippen molar-refractivity contribution in [1.82, 2.24) is 4.84 Å². The molecule has 0 bridgehead atoms. The quantitative estimate of drug-likeness (QED) is 0.00192. The number of aliphatic hydroxyl groups excluding tert-OH is 1. The summed E-state index contributed by atoms with van der Waals surface area (Å²) in [6, 6.07) is 45.1. The molecule has 0 radical (unpaired) electrons. The number of aliphatic hydroxyl groups is 4. The zero-order chi connectivity index (χ0) is 113. The van der Waals surface area contributed by atoms with E-state index >= 15 is 0 Å². The van der Waals surface area contributed by atoms with Crippen LogP contribution < -0.4 is 142 Å². The number of phenolic OH excluding ortho intramolecular Hbond substituents is 1. The molecule has 3 fully saturated rings. The minimum Gasteiger partial charge on any atom is -1.00 e. The number of carbonyl (C=O) groups is 7. The van der Waals surface area contributed by atoms with Crippen LogP contribution in [0.1, 0.15) is 287 Å². The maximum atomic E-state index is 12.2. The number of carbonyl (C=O) groups excluding carboxylic acids is 7. The molecule has 0 aromatic heterocycles. The van der Waals surface area contributed by atoms with Gasteiger partial charge >= 0.3 is 145 Å². The second kappa shape index (κ2) is 86.6. The smallest absolute Gasteiger partial charge is 1.00 e. The van der Waals surface area contributed by atoms with Crippen LogP contribution >= 0.6 is 102 Å². The Kier molecular flexibility index (Phi) is 89.0. The first kappa shape index (κ1) is 153. The summed E-state index contributed by atoms with van der Waals surface area (Å²) in [5.74, 6) is -2.22. The first-order valence-corrected chi connectivity index (χ1v) is 52.4. The Hall–Kier alpha value is -4.40. The van der Waals surface area contributed by atoms with Crippen molar-refractivity contribution in [2.24, 2.45) is 5.73 Å². The van der Waals surface area contributed by atoms with E-state index in [2.05, 4.69) is 116 Å². The van der Waals surface area contributed by atoms with E-state index in [1.54, 1.807) is 89.2 Å². The number of nitrogens with one attached hydrogen (secondary N) is 1. The van der Waals surface area contributed by atoms with E-state index in [1.807, 2.05) is 184 Å². The summed E-state index contributed by atoms with van der Waals surface area (Å²) in [7, 11) is 0. The Labute approximate surface area is 1020 Å². The average Bonchev–Trinajstić information content (AvgIpc) is 0.855. The Bertz CT molecular complexity index is 4690. The number of alkyl halides is 9. The third kappa shape index (κ3) is 88.3. The molecule has 0 spiro atoms. The van der Waals surface area contributed by atoms with Crippen molar-refractivity contribution in [3.05, 3.63) is 196 Å². The molecule has 3 aliphatic rings. The van der Waals surface area contributed by atoms with Crippen molar-refractivity contribution >= 4 is 156 Å². The van der Waals surface area contributed by atoms with Crippen LogP contribution in [0.2, 0.25) is 0 Å². The number of esters is 4. The molecule has 0 saturated heterocycles. The number of halogens is 14. The topological polar surface area (TPSA) is 374 Å². The third-order valence-electron chi connectivity index (χ3n) is 19.4. The van der Waals surface area contributed by atoms with E-state index in [1.165, 1.54) is 30.3 Å². The van der Waals surface area contributed by atoms with Crippen molar-refractivity contribution < 1.29 is 257 Å². The molecule has 6 atom stereocenters. The second-order valence-corrected chi connectivity index (χ2v) is 40.7. The van der Waals surface area contributed by atoms with Gasteiger partial charge in [-0.25, -0.2) is 9.63 Å². The van der Waals surface area contributed by atoms with Gasteiger partial charge in [0.05, 0.1) is 54.4 Å². The van der Waals surface area contributed by atoms with Crippen molar-refractivity contribution in [3.8, 4) is 34.5 Å². The summed E-state index contributed by atoms with van der Waals surface area (Å²) in [5, 5.41) is 56.6. The molecule has 0 amide bonds. The molecule has 9 rings (SSSR count). The molecule has 41 heteroatoms. The van der Waals surface area contributed by atoms with Gasteiger partial charge in [-0.2, -0.15) is 39.5 Å². The Balaban J connectivity index is -0.000000309. The van der Waals surface area contributed by atoms with Crippen LogP contribution in [-0.4, -0.2) is 177 Å². The van der Waals surface area contributed by atoms with Crippen LogP contribution in [0.5, 0.6) is 34.5 Å². The third-order valence-corrected chi connectivity index (χ3v) is 22.3. The van der Waals surface area contributed by atoms with Crippen LogP contribution in [0.15, 0.2) is 170 Å². The average molecular weight is 2640 g/mol. The van der Waals surface area contributed by atoms with Crippen LogP contribution in [0.3, 0.4) is 0 Å². The molecule has 6 aromatic rings. The van der Waals surface area contributed by atoms with Gasteiger partial charge in [0.15, 0.2) is 0 Å². The number of phenols is 1. The summed E-state index contributed by atoms with van der Waals surface area (Å²) in [5.41, 5.74) is 4.71. The Morgan fingerprint density at radius 1 is 0.497 bits per heavy atom.